The highest BCUT2D eigenvalue weighted by Gasteiger charge is 2.53. The van der Waals surface area contributed by atoms with Crippen LogP contribution in [0.2, 0.25) is 0 Å². The van der Waals surface area contributed by atoms with E-state index in [0.29, 0.717) is 79.2 Å². The predicted molar refractivity (Wildman–Crippen MR) is 296 cm³/mol. The number of ether oxygens (including phenoxy) is 4. The average Bonchev–Trinajstić information content (AvgIpc) is 3.57. The van der Waals surface area contributed by atoms with E-state index in [2.05, 4.69) is 0 Å². The Hall–Kier alpha value is -9.80. The molecule has 10 rings (SSSR count). The minimum Gasteiger partial charge on any atom is -0.457 e. The van der Waals surface area contributed by atoms with Gasteiger partial charge in [-0.1, -0.05) is 114 Å². The molecule has 10 heteroatoms. The molecular formula is C68H49F3O7. The maximum absolute atomic E-state index is 15.0. The molecule has 0 aliphatic heterocycles. The molecule has 384 valence electrons. The van der Waals surface area contributed by atoms with Gasteiger partial charge < -0.3 is 18.9 Å². The van der Waals surface area contributed by atoms with Gasteiger partial charge in [0.1, 0.15) is 51.4 Å². The number of rotatable bonds is 17. The minimum absolute atomic E-state index is 0.00721. The fourth-order valence-corrected chi connectivity index (χ4v) is 8.93. The number of ketones is 3. The standard InChI is InChI=1S/C68H49F3O7/c1-44-9-12-47(13-10-44)64(72)49-18-28-55(29-19-49)76-58-34-24-52(25-35-58)67(3,68(69,70)71)53-26-36-59(37-27-53)77-56-30-20-50(21-31-56)65(73)48-16-14-46(15-17-48)62-42-11-45(2)43-63(62)66(74)51-22-32-57(33-23-51)78-61-40-38-60(39-41-61)75-54-7-5-4-6-8-54/h4-43H,1-3H3. The molecule has 0 aliphatic rings. The zero-order valence-corrected chi connectivity index (χ0v) is 42.6. The van der Waals surface area contributed by atoms with Crippen molar-refractivity contribution in [2.24, 2.45) is 0 Å². The Labute approximate surface area is 449 Å². The smallest absolute Gasteiger partial charge is 0.402 e. The Morgan fingerprint density at radius 1 is 0.333 bits per heavy atom. The summed E-state index contributed by atoms with van der Waals surface area (Å²) in [6, 6.07) is 68.4. The van der Waals surface area contributed by atoms with Crippen LogP contribution in [0.25, 0.3) is 11.1 Å². The minimum atomic E-state index is -4.66. The Morgan fingerprint density at radius 2 is 0.628 bits per heavy atom. The fraction of sp³-hybridized carbons (Fsp3) is 0.0735. The number of alkyl halides is 3. The number of halogens is 3. The number of aryl methyl sites for hydroxylation is 2. The van der Waals surface area contributed by atoms with Crippen molar-refractivity contribution in [1.82, 2.24) is 0 Å². The van der Waals surface area contributed by atoms with Crippen LogP contribution in [-0.2, 0) is 5.41 Å². The van der Waals surface area contributed by atoms with Crippen LogP contribution in [0.1, 0.15) is 76.9 Å². The van der Waals surface area contributed by atoms with Gasteiger partial charge >= 0.3 is 6.18 Å². The summed E-state index contributed by atoms with van der Waals surface area (Å²) in [5.74, 6) is 3.52. The van der Waals surface area contributed by atoms with Gasteiger partial charge in [-0.05, 0) is 183 Å². The van der Waals surface area contributed by atoms with E-state index in [1.165, 1.54) is 48.5 Å². The first-order valence-electron chi connectivity index (χ1n) is 25.0. The highest BCUT2D eigenvalue weighted by atomic mass is 19.4. The molecule has 78 heavy (non-hydrogen) atoms. The lowest BCUT2D eigenvalue weighted by Crippen LogP contribution is -2.40. The second-order valence-corrected chi connectivity index (χ2v) is 18.9. The molecule has 0 radical (unpaired) electrons. The summed E-state index contributed by atoms with van der Waals surface area (Å²) < 4.78 is 68.9. The lowest BCUT2D eigenvalue weighted by molar-refractivity contribution is -0.173. The van der Waals surface area contributed by atoms with Crippen LogP contribution >= 0.6 is 0 Å². The molecule has 0 fully saturated rings. The van der Waals surface area contributed by atoms with Crippen molar-refractivity contribution in [3.8, 4) is 57.1 Å². The van der Waals surface area contributed by atoms with Crippen molar-refractivity contribution in [2.45, 2.75) is 32.4 Å². The van der Waals surface area contributed by atoms with Crippen molar-refractivity contribution in [1.29, 1.82) is 0 Å². The maximum atomic E-state index is 15.0. The largest absolute Gasteiger partial charge is 0.457 e. The van der Waals surface area contributed by atoms with E-state index < -0.39 is 11.6 Å². The zero-order chi connectivity index (χ0) is 54.4. The molecule has 0 aromatic heterocycles. The molecule has 0 amide bonds. The molecule has 1 unspecified atom stereocenters. The summed E-state index contributed by atoms with van der Waals surface area (Å²) in [4.78, 5) is 40.6. The zero-order valence-electron chi connectivity index (χ0n) is 42.6. The summed E-state index contributed by atoms with van der Waals surface area (Å²) >= 11 is 0. The predicted octanol–water partition coefficient (Wildman–Crippen LogP) is 17.7. The van der Waals surface area contributed by atoms with Crippen molar-refractivity contribution in [3.63, 3.8) is 0 Å². The number of para-hydroxylation sites is 1. The van der Waals surface area contributed by atoms with E-state index in [0.717, 1.165) is 29.4 Å². The van der Waals surface area contributed by atoms with Crippen LogP contribution in [0.15, 0.2) is 243 Å². The summed E-state index contributed by atoms with van der Waals surface area (Å²) in [7, 11) is 0. The Kier molecular flexibility index (Phi) is 14.7. The summed E-state index contributed by atoms with van der Waals surface area (Å²) in [6.45, 7) is 5.01. The van der Waals surface area contributed by atoms with E-state index in [9.17, 15) is 14.4 Å². The first-order chi connectivity index (χ1) is 37.7. The number of carbonyl (C=O) groups excluding carboxylic acids is 3. The van der Waals surface area contributed by atoms with Crippen molar-refractivity contribution >= 4 is 17.3 Å². The molecule has 0 aliphatic carbocycles. The number of hydrogen-bond acceptors (Lipinski definition) is 7. The Bertz CT molecular complexity index is 3730. The van der Waals surface area contributed by atoms with Gasteiger partial charge in [0.2, 0.25) is 0 Å². The monoisotopic (exact) mass is 1030 g/mol. The van der Waals surface area contributed by atoms with Crippen LogP contribution in [0.3, 0.4) is 0 Å². The third kappa shape index (κ3) is 11.5. The molecule has 10 aromatic rings. The summed E-state index contributed by atoms with van der Waals surface area (Å²) in [6.07, 6.45) is -4.66. The van der Waals surface area contributed by atoms with Gasteiger partial charge in [-0.25, -0.2) is 0 Å². The van der Waals surface area contributed by atoms with Crippen molar-refractivity contribution in [2.75, 3.05) is 0 Å². The van der Waals surface area contributed by atoms with Gasteiger partial charge in [-0.15, -0.1) is 0 Å². The summed E-state index contributed by atoms with van der Waals surface area (Å²) in [5, 5.41) is 0. The van der Waals surface area contributed by atoms with Crippen LogP contribution in [-0.4, -0.2) is 23.5 Å². The van der Waals surface area contributed by atoms with Crippen molar-refractivity contribution in [3.05, 3.63) is 298 Å². The number of hydrogen-bond donors (Lipinski definition) is 0. The highest BCUT2D eigenvalue weighted by molar-refractivity contribution is 6.13. The maximum Gasteiger partial charge on any atom is 0.402 e. The Balaban J connectivity index is 0.755. The van der Waals surface area contributed by atoms with E-state index in [4.69, 9.17) is 18.9 Å². The lowest BCUT2D eigenvalue weighted by Gasteiger charge is -2.33. The van der Waals surface area contributed by atoms with Gasteiger partial charge in [0.05, 0.1) is 0 Å². The third-order valence-electron chi connectivity index (χ3n) is 13.5. The summed E-state index contributed by atoms with van der Waals surface area (Å²) in [5.41, 5.74) is 3.98. The van der Waals surface area contributed by atoms with E-state index in [1.54, 1.807) is 97.1 Å². The van der Waals surface area contributed by atoms with Gasteiger partial charge in [0, 0.05) is 33.4 Å². The normalized spacial score (nSPS) is 12.0. The quantitative estimate of drug-likeness (QED) is 0.0840. The van der Waals surface area contributed by atoms with Gasteiger partial charge in [-0.2, -0.15) is 13.2 Å². The molecule has 0 N–H and O–H groups in total. The average molecular weight is 1040 g/mol. The molecule has 7 nitrogen and oxygen atoms in total. The fourth-order valence-electron chi connectivity index (χ4n) is 8.93. The molecule has 1 atom stereocenters. The molecule has 0 spiro atoms. The van der Waals surface area contributed by atoms with Gasteiger partial charge in [0.15, 0.2) is 17.3 Å². The first kappa shape index (κ1) is 51.7. The second kappa shape index (κ2) is 22.2. The second-order valence-electron chi connectivity index (χ2n) is 18.9. The van der Waals surface area contributed by atoms with Crippen LogP contribution in [0.4, 0.5) is 13.2 Å². The molecule has 0 saturated heterocycles. The Morgan fingerprint density at radius 3 is 1.00 bits per heavy atom. The van der Waals surface area contributed by atoms with Crippen LogP contribution in [0, 0.1) is 13.8 Å². The SMILES string of the molecule is Cc1ccc(C(=O)c2ccc(Oc3ccc(C(C)(c4ccc(Oc5ccc(C(=O)c6ccc(-c7ccc(C)cc7C(=O)c7ccc(Oc8ccc(Oc9ccccc9)cc8)cc7)cc6)cc5)cc4)C(F)(F)F)cc3)cc2)cc1. The van der Waals surface area contributed by atoms with Crippen molar-refractivity contribution < 1.29 is 46.5 Å². The molecule has 10 aromatic carbocycles. The number of benzene rings is 10. The van der Waals surface area contributed by atoms with Crippen LogP contribution < -0.4 is 18.9 Å². The highest BCUT2D eigenvalue weighted by Crippen LogP contribution is 2.47. The van der Waals surface area contributed by atoms with E-state index in [-0.39, 0.29) is 28.5 Å². The molecule has 0 bridgehead atoms. The van der Waals surface area contributed by atoms with Crippen LogP contribution in [0.5, 0.6) is 46.0 Å². The first-order valence-corrected chi connectivity index (χ1v) is 25.0. The topological polar surface area (TPSA) is 88.1 Å². The third-order valence-corrected chi connectivity index (χ3v) is 13.5. The molecule has 0 heterocycles. The van der Waals surface area contributed by atoms with Gasteiger partial charge in [-0.3, -0.25) is 14.4 Å². The molecule has 0 saturated carbocycles. The van der Waals surface area contributed by atoms with Gasteiger partial charge in [0.25, 0.3) is 0 Å². The number of carbonyl (C=O) groups is 3. The van der Waals surface area contributed by atoms with E-state index in [1.807, 2.05) is 111 Å². The van der Waals surface area contributed by atoms with E-state index >= 15 is 13.2 Å². The lowest BCUT2D eigenvalue weighted by atomic mass is 9.75. The molecular weight excluding hydrogens is 986 g/mol.